The standard InChI is InChI=1S/C15H17N3O3/c19-13(17-11-3-4-11)5-6-16-15(21)10-2-1-9-8-14(20)18-12(9)7-10/h1-2,7,11H,3-6,8H2,(H,16,21)(H,17,19)(H,18,20). The predicted octanol–water partition coefficient (Wildman–Crippen LogP) is 0.580. The predicted molar refractivity (Wildman–Crippen MR) is 76.9 cm³/mol. The van der Waals surface area contributed by atoms with Crippen LogP contribution in [0.2, 0.25) is 0 Å². The van der Waals surface area contributed by atoms with Gasteiger partial charge in [0.25, 0.3) is 5.91 Å². The number of hydrogen-bond donors (Lipinski definition) is 3. The van der Waals surface area contributed by atoms with Gasteiger partial charge in [0.2, 0.25) is 11.8 Å². The molecule has 0 atom stereocenters. The molecule has 0 radical (unpaired) electrons. The molecule has 2 aliphatic rings. The molecule has 3 N–H and O–H groups in total. The molecule has 1 heterocycles. The van der Waals surface area contributed by atoms with Crippen LogP contribution in [-0.2, 0) is 16.0 Å². The average Bonchev–Trinajstić information content (AvgIpc) is 3.16. The van der Waals surface area contributed by atoms with Gasteiger partial charge < -0.3 is 16.0 Å². The van der Waals surface area contributed by atoms with Gasteiger partial charge in [-0.2, -0.15) is 0 Å². The quantitative estimate of drug-likeness (QED) is 0.740. The number of anilines is 1. The average molecular weight is 287 g/mol. The molecule has 0 bridgehead atoms. The van der Waals surface area contributed by atoms with Crippen molar-refractivity contribution < 1.29 is 14.4 Å². The molecule has 21 heavy (non-hydrogen) atoms. The Morgan fingerprint density at radius 3 is 2.86 bits per heavy atom. The van der Waals surface area contributed by atoms with Crippen LogP contribution in [0.3, 0.4) is 0 Å². The van der Waals surface area contributed by atoms with Crippen LogP contribution in [-0.4, -0.2) is 30.3 Å². The van der Waals surface area contributed by atoms with Crippen molar-refractivity contribution >= 4 is 23.4 Å². The zero-order chi connectivity index (χ0) is 14.8. The number of nitrogens with one attached hydrogen (secondary N) is 3. The topological polar surface area (TPSA) is 87.3 Å². The van der Waals surface area contributed by atoms with E-state index in [0.717, 1.165) is 18.4 Å². The number of amides is 3. The molecule has 0 saturated heterocycles. The van der Waals surface area contributed by atoms with E-state index >= 15 is 0 Å². The molecule has 6 heteroatoms. The Balaban J connectivity index is 1.50. The van der Waals surface area contributed by atoms with E-state index in [1.807, 2.05) is 0 Å². The van der Waals surface area contributed by atoms with Gasteiger partial charge in [0.1, 0.15) is 0 Å². The third-order valence-electron chi connectivity index (χ3n) is 3.58. The molecule has 1 saturated carbocycles. The summed E-state index contributed by atoms with van der Waals surface area (Å²) in [6.07, 6.45) is 2.75. The highest BCUT2D eigenvalue weighted by atomic mass is 16.2. The summed E-state index contributed by atoms with van der Waals surface area (Å²) in [5.41, 5.74) is 2.08. The number of carbonyl (C=O) groups excluding carboxylic acids is 3. The van der Waals surface area contributed by atoms with Crippen LogP contribution in [0.25, 0.3) is 0 Å². The van der Waals surface area contributed by atoms with Crippen LogP contribution in [0.5, 0.6) is 0 Å². The summed E-state index contributed by atoms with van der Waals surface area (Å²) in [6.45, 7) is 0.306. The second kappa shape index (κ2) is 5.55. The van der Waals surface area contributed by atoms with Crippen molar-refractivity contribution in [2.45, 2.75) is 31.7 Å². The molecule has 3 amide bonds. The van der Waals surface area contributed by atoms with Crippen molar-refractivity contribution in [3.05, 3.63) is 29.3 Å². The van der Waals surface area contributed by atoms with E-state index in [-0.39, 0.29) is 24.1 Å². The zero-order valence-corrected chi connectivity index (χ0v) is 11.6. The summed E-state index contributed by atoms with van der Waals surface area (Å²) in [5.74, 6) is -0.323. The van der Waals surface area contributed by atoms with Gasteiger partial charge in [-0.1, -0.05) is 6.07 Å². The van der Waals surface area contributed by atoms with Crippen molar-refractivity contribution in [3.63, 3.8) is 0 Å². The maximum atomic E-state index is 12.0. The number of hydrogen-bond acceptors (Lipinski definition) is 3. The molecule has 1 aliphatic carbocycles. The summed E-state index contributed by atoms with van der Waals surface area (Å²) in [4.78, 5) is 34.7. The lowest BCUT2D eigenvalue weighted by molar-refractivity contribution is -0.121. The molecule has 1 fully saturated rings. The smallest absolute Gasteiger partial charge is 0.251 e. The van der Waals surface area contributed by atoms with Gasteiger partial charge in [-0.3, -0.25) is 14.4 Å². The summed E-state index contributed by atoms with van der Waals surface area (Å²) < 4.78 is 0. The van der Waals surface area contributed by atoms with E-state index in [1.54, 1.807) is 18.2 Å². The lowest BCUT2D eigenvalue weighted by atomic mass is 10.1. The normalized spacial score (nSPS) is 16.1. The molecular weight excluding hydrogens is 270 g/mol. The molecule has 1 aromatic rings. The number of fused-ring (bicyclic) bond motifs is 1. The summed E-state index contributed by atoms with van der Waals surface area (Å²) in [5, 5.41) is 8.29. The van der Waals surface area contributed by atoms with Gasteiger partial charge in [0.05, 0.1) is 6.42 Å². The highest BCUT2D eigenvalue weighted by Crippen LogP contribution is 2.23. The van der Waals surface area contributed by atoms with E-state index in [2.05, 4.69) is 16.0 Å². The SMILES string of the molecule is O=C1Cc2ccc(C(=O)NCCC(=O)NC3CC3)cc2N1. The minimum atomic E-state index is -0.238. The number of benzene rings is 1. The van der Waals surface area contributed by atoms with E-state index < -0.39 is 0 Å². The van der Waals surface area contributed by atoms with Gasteiger partial charge in [-0.25, -0.2) is 0 Å². The first kappa shape index (κ1) is 13.6. The fourth-order valence-corrected chi connectivity index (χ4v) is 2.27. The number of carbonyl (C=O) groups is 3. The molecule has 1 aliphatic heterocycles. The molecule has 3 rings (SSSR count). The van der Waals surface area contributed by atoms with Crippen molar-refractivity contribution in [2.24, 2.45) is 0 Å². The first-order valence-electron chi connectivity index (χ1n) is 7.12. The van der Waals surface area contributed by atoms with E-state index in [9.17, 15) is 14.4 Å². The third kappa shape index (κ3) is 3.39. The minimum absolute atomic E-state index is 0.0287. The lowest BCUT2D eigenvalue weighted by Gasteiger charge is -2.07. The minimum Gasteiger partial charge on any atom is -0.353 e. The first-order chi connectivity index (χ1) is 10.1. The lowest BCUT2D eigenvalue weighted by Crippen LogP contribution is -2.31. The maximum Gasteiger partial charge on any atom is 0.251 e. The van der Waals surface area contributed by atoms with Gasteiger partial charge in [0, 0.05) is 30.3 Å². The Bertz CT molecular complexity index is 608. The molecule has 6 nitrogen and oxygen atoms in total. The first-order valence-corrected chi connectivity index (χ1v) is 7.12. The van der Waals surface area contributed by atoms with E-state index in [0.29, 0.717) is 30.3 Å². The van der Waals surface area contributed by atoms with Crippen molar-refractivity contribution in [1.29, 1.82) is 0 Å². The summed E-state index contributed by atoms with van der Waals surface area (Å²) in [6, 6.07) is 5.48. The molecule has 1 aromatic carbocycles. The molecule has 110 valence electrons. The molecule has 0 aromatic heterocycles. The van der Waals surface area contributed by atoms with Crippen LogP contribution in [0.1, 0.15) is 35.2 Å². The third-order valence-corrected chi connectivity index (χ3v) is 3.58. The summed E-state index contributed by atoms with van der Waals surface area (Å²) in [7, 11) is 0. The van der Waals surface area contributed by atoms with Crippen LogP contribution in [0.15, 0.2) is 18.2 Å². The van der Waals surface area contributed by atoms with E-state index in [1.165, 1.54) is 0 Å². The fraction of sp³-hybridized carbons (Fsp3) is 0.400. The Hall–Kier alpha value is -2.37. The maximum absolute atomic E-state index is 12.0. The molecule has 0 unspecified atom stereocenters. The highest BCUT2D eigenvalue weighted by Gasteiger charge is 2.23. The van der Waals surface area contributed by atoms with Crippen molar-refractivity contribution in [1.82, 2.24) is 10.6 Å². The largest absolute Gasteiger partial charge is 0.353 e. The second-order valence-corrected chi connectivity index (χ2v) is 5.44. The molecule has 0 spiro atoms. The van der Waals surface area contributed by atoms with E-state index in [4.69, 9.17) is 0 Å². The van der Waals surface area contributed by atoms with Gasteiger partial charge >= 0.3 is 0 Å². The fourth-order valence-electron chi connectivity index (χ4n) is 2.27. The zero-order valence-electron chi connectivity index (χ0n) is 11.6. The van der Waals surface area contributed by atoms with Crippen LogP contribution < -0.4 is 16.0 Å². The monoisotopic (exact) mass is 287 g/mol. The van der Waals surface area contributed by atoms with Crippen LogP contribution in [0.4, 0.5) is 5.69 Å². The summed E-state index contributed by atoms with van der Waals surface area (Å²) >= 11 is 0. The molecular formula is C15H17N3O3. The van der Waals surface area contributed by atoms with Crippen molar-refractivity contribution in [3.8, 4) is 0 Å². The second-order valence-electron chi connectivity index (χ2n) is 5.44. The van der Waals surface area contributed by atoms with Crippen molar-refractivity contribution in [2.75, 3.05) is 11.9 Å². The Morgan fingerprint density at radius 2 is 2.10 bits per heavy atom. The van der Waals surface area contributed by atoms with Gasteiger partial charge in [-0.15, -0.1) is 0 Å². The Labute approximate surface area is 122 Å². The Morgan fingerprint density at radius 1 is 1.29 bits per heavy atom. The van der Waals surface area contributed by atoms with Gasteiger partial charge in [0.15, 0.2) is 0 Å². The van der Waals surface area contributed by atoms with Crippen LogP contribution in [0, 0.1) is 0 Å². The van der Waals surface area contributed by atoms with Crippen LogP contribution >= 0.6 is 0 Å². The highest BCUT2D eigenvalue weighted by molar-refractivity contribution is 6.02. The number of rotatable bonds is 5. The Kier molecular flexibility index (Phi) is 3.60. The van der Waals surface area contributed by atoms with Gasteiger partial charge in [-0.05, 0) is 30.5 Å².